The SMILES string of the molecule is CCOc1ccccc1NC(=O)Cc1csc(-c2c(Cl)cccc2Cl)n1. The number of rotatable bonds is 6. The van der Waals surface area contributed by atoms with Gasteiger partial charge in [0.15, 0.2) is 0 Å². The van der Waals surface area contributed by atoms with Crippen molar-refractivity contribution in [3.05, 3.63) is 63.6 Å². The molecule has 134 valence electrons. The van der Waals surface area contributed by atoms with Crippen LogP contribution in [-0.2, 0) is 11.2 Å². The molecule has 0 unspecified atom stereocenters. The molecule has 1 heterocycles. The number of anilines is 1. The lowest BCUT2D eigenvalue weighted by Crippen LogP contribution is -2.15. The van der Waals surface area contributed by atoms with Gasteiger partial charge in [-0.3, -0.25) is 4.79 Å². The smallest absolute Gasteiger partial charge is 0.230 e. The van der Waals surface area contributed by atoms with Gasteiger partial charge in [0.2, 0.25) is 5.91 Å². The number of ether oxygens (including phenoxy) is 1. The largest absolute Gasteiger partial charge is 0.492 e. The van der Waals surface area contributed by atoms with Gasteiger partial charge in [-0.2, -0.15) is 0 Å². The number of nitrogens with one attached hydrogen (secondary N) is 1. The first kappa shape index (κ1) is 18.7. The second kappa shape index (κ2) is 8.54. The van der Waals surface area contributed by atoms with Crippen molar-refractivity contribution in [1.82, 2.24) is 4.98 Å². The van der Waals surface area contributed by atoms with E-state index in [9.17, 15) is 4.79 Å². The summed E-state index contributed by atoms with van der Waals surface area (Å²) in [7, 11) is 0. The molecule has 1 aromatic heterocycles. The standard InChI is InChI=1S/C19H16Cl2N2O2S/c1-2-25-16-9-4-3-8-15(16)23-17(24)10-12-11-26-19(22-12)18-13(20)6-5-7-14(18)21/h3-9,11H,2,10H2,1H3,(H,23,24). The predicted octanol–water partition coefficient (Wildman–Crippen LogP) is 5.70. The normalized spacial score (nSPS) is 10.6. The van der Waals surface area contributed by atoms with Gasteiger partial charge in [0.25, 0.3) is 0 Å². The van der Waals surface area contributed by atoms with E-state index in [0.29, 0.717) is 44.4 Å². The second-order valence-corrected chi connectivity index (χ2v) is 7.07. The molecule has 0 aliphatic rings. The number of thiazole rings is 1. The highest BCUT2D eigenvalue weighted by molar-refractivity contribution is 7.13. The van der Waals surface area contributed by atoms with Gasteiger partial charge in [0, 0.05) is 10.9 Å². The molecule has 0 saturated heterocycles. The maximum absolute atomic E-state index is 12.4. The molecule has 0 fully saturated rings. The summed E-state index contributed by atoms with van der Waals surface area (Å²) in [6, 6.07) is 12.6. The number of carbonyl (C=O) groups excluding carboxylic acids is 1. The molecule has 26 heavy (non-hydrogen) atoms. The highest BCUT2D eigenvalue weighted by Gasteiger charge is 2.15. The minimum Gasteiger partial charge on any atom is -0.492 e. The number of hydrogen-bond acceptors (Lipinski definition) is 4. The van der Waals surface area contributed by atoms with Gasteiger partial charge in [0.05, 0.1) is 34.5 Å². The Balaban J connectivity index is 1.73. The quantitative estimate of drug-likeness (QED) is 0.571. The van der Waals surface area contributed by atoms with E-state index in [1.54, 1.807) is 24.3 Å². The second-order valence-electron chi connectivity index (χ2n) is 5.39. The molecular weight excluding hydrogens is 391 g/mol. The molecule has 1 N–H and O–H groups in total. The first-order chi connectivity index (χ1) is 12.6. The first-order valence-corrected chi connectivity index (χ1v) is 9.62. The minimum atomic E-state index is -0.167. The molecule has 0 aliphatic heterocycles. The fourth-order valence-electron chi connectivity index (χ4n) is 2.42. The number of carbonyl (C=O) groups is 1. The van der Waals surface area contributed by atoms with Crippen molar-refractivity contribution in [3.63, 3.8) is 0 Å². The summed E-state index contributed by atoms with van der Waals surface area (Å²) >= 11 is 13.9. The van der Waals surface area contributed by atoms with Crippen LogP contribution in [0.1, 0.15) is 12.6 Å². The Hall–Kier alpha value is -2.08. The molecule has 0 bridgehead atoms. The zero-order chi connectivity index (χ0) is 18.5. The minimum absolute atomic E-state index is 0.152. The van der Waals surface area contributed by atoms with Crippen LogP contribution in [0.4, 0.5) is 5.69 Å². The molecule has 4 nitrogen and oxygen atoms in total. The molecule has 0 radical (unpaired) electrons. The third-order valence-electron chi connectivity index (χ3n) is 3.53. The zero-order valence-corrected chi connectivity index (χ0v) is 16.3. The Bertz CT molecular complexity index is 907. The van der Waals surface area contributed by atoms with E-state index >= 15 is 0 Å². The van der Waals surface area contributed by atoms with Gasteiger partial charge in [0.1, 0.15) is 10.8 Å². The average molecular weight is 407 g/mol. The molecule has 7 heteroatoms. The van der Waals surface area contributed by atoms with Crippen LogP contribution in [0.5, 0.6) is 5.75 Å². The molecular formula is C19H16Cl2N2O2S. The lowest BCUT2D eigenvalue weighted by Gasteiger charge is -2.10. The van der Waals surface area contributed by atoms with Crippen LogP contribution in [0, 0.1) is 0 Å². The van der Waals surface area contributed by atoms with Crippen LogP contribution in [0.15, 0.2) is 47.8 Å². The van der Waals surface area contributed by atoms with Crippen LogP contribution in [-0.4, -0.2) is 17.5 Å². The van der Waals surface area contributed by atoms with Crippen LogP contribution in [0.3, 0.4) is 0 Å². The van der Waals surface area contributed by atoms with Gasteiger partial charge in [-0.25, -0.2) is 4.98 Å². The summed E-state index contributed by atoms with van der Waals surface area (Å²) in [5.41, 5.74) is 1.99. The van der Waals surface area contributed by atoms with Crippen molar-refractivity contribution in [1.29, 1.82) is 0 Å². The lowest BCUT2D eigenvalue weighted by atomic mass is 10.2. The van der Waals surface area contributed by atoms with E-state index < -0.39 is 0 Å². The summed E-state index contributed by atoms with van der Waals surface area (Å²) in [6.45, 7) is 2.43. The van der Waals surface area contributed by atoms with E-state index in [1.165, 1.54) is 11.3 Å². The highest BCUT2D eigenvalue weighted by Crippen LogP contribution is 2.36. The number of aromatic nitrogens is 1. The van der Waals surface area contributed by atoms with Gasteiger partial charge in [-0.1, -0.05) is 41.4 Å². The van der Waals surface area contributed by atoms with Gasteiger partial charge in [-0.15, -0.1) is 11.3 Å². The monoisotopic (exact) mass is 406 g/mol. The van der Waals surface area contributed by atoms with Crippen molar-refractivity contribution >= 4 is 46.1 Å². The maximum Gasteiger partial charge on any atom is 0.230 e. The summed E-state index contributed by atoms with van der Waals surface area (Å²) in [5, 5.41) is 6.46. The van der Waals surface area contributed by atoms with Crippen molar-refractivity contribution < 1.29 is 9.53 Å². The van der Waals surface area contributed by atoms with Crippen molar-refractivity contribution in [3.8, 4) is 16.3 Å². The Kier molecular flexibility index (Phi) is 6.14. The van der Waals surface area contributed by atoms with Crippen LogP contribution in [0.2, 0.25) is 10.0 Å². The van der Waals surface area contributed by atoms with Crippen molar-refractivity contribution in [2.45, 2.75) is 13.3 Å². The fraction of sp³-hybridized carbons (Fsp3) is 0.158. The topological polar surface area (TPSA) is 51.2 Å². The molecule has 0 atom stereocenters. The van der Waals surface area contributed by atoms with E-state index in [0.717, 1.165) is 0 Å². The number of para-hydroxylation sites is 2. The van der Waals surface area contributed by atoms with E-state index in [1.807, 2.05) is 30.5 Å². The van der Waals surface area contributed by atoms with Gasteiger partial charge in [-0.05, 0) is 31.2 Å². The van der Waals surface area contributed by atoms with Crippen molar-refractivity contribution in [2.75, 3.05) is 11.9 Å². The van der Waals surface area contributed by atoms with Crippen LogP contribution >= 0.6 is 34.5 Å². The van der Waals surface area contributed by atoms with Crippen molar-refractivity contribution in [2.24, 2.45) is 0 Å². The van der Waals surface area contributed by atoms with E-state index in [-0.39, 0.29) is 12.3 Å². The molecule has 3 rings (SSSR count). The average Bonchev–Trinajstić information content (AvgIpc) is 3.04. The number of amides is 1. The van der Waals surface area contributed by atoms with Gasteiger partial charge < -0.3 is 10.1 Å². The van der Waals surface area contributed by atoms with Gasteiger partial charge >= 0.3 is 0 Å². The lowest BCUT2D eigenvalue weighted by molar-refractivity contribution is -0.115. The van der Waals surface area contributed by atoms with Crippen LogP contribution in [0.25, 0.3) is 10.6 Å². The first-order valence-electron chi connectivity index (χ1n) is 7.99. The Labute approximate surface area is 165 Å². The summed E-state index contributed by atoms with van der Waals surface area (Å²) in [6.07, 6.45) is 0.152. The number of hydrogen-bond donors (Lipinski definition) is 1. The molecule has 0 spiro atoms. The predicted molar refractivity (Wildman–Crippen MR) is 108 cm³/mol. The number of halogens is 2. The highest BCUT2D eigenvalue weighted by atomic mass is 35.5. The maximum atomic E-state index is 12.4. The van der Waals surface area contributed by atoms with Crippen LogP contribution < -0.4 is 10.1 Å². The number of nitrogens with zero attached hydrogens (tertiary/aromatic N) is 1. The van der Waals surface area contributed by atoms with E-state index in [4.69, 9.17) is 27.9 Å². The fourth-order valence-corrected chi connectivity index (χ4v) is 4.00. The molecule has 3 aromatic rings. The third-order valence-corrected chi connectivity index (χ3v) is 5.07. The third kappa shape index (κ3) is 4.36. The summed E-state index contributed by atoms with van der Waals surface area (Å²) < 4.78 is 5.52. The van der Waals surface area contributed by atoms with E-state index in [2.05, 4.69) is 10.3 Å². The molecule has 0 aliphatic carbocycles. The Morgan fingerprint density at radius 1 is 1.15 bits per heavy atom. The Morgan fingerprint density at radius 2 is 1.88 bits per heavy atom. The molecule has 0 saturated carbocycles. The number of benzene rings is 2. The molecule has 1 amide bonds. The zero-order valence-electron chi connectivity index (χ0n) is 14.0. The molecule has 2 aromatic carbocycles. The summed E-state index contributed by atoms with van der Waals surface area (Å²) in [5.74, 6) is 0.476. The Morgan fingerprint density at radius 3 is 2.62 bits per heavy atom. The summed E-state index contributed by atoms with van der Waals surface area (Å²) in [4.78, 5) is 16.9.